The summed E-state index contributed by atoms with van der Waals surface area (Å²) in [4.78, 5) is 23.5. The average Bonchev–Trinajstić information content (AvgIpc) is 2.79. The Morgan fingerprint density at radius 1 is 0.973 bits per heavy atom. The first-order chi connectivity index (χ1) is 17.3. The van der Waals surface area contributed by atoms with E-state index < -0.39 is 41.4 Å². The van der Waals surface area contributed by atoms with Gasteiger partial charge in [0, 0.05) is 24.3 Å². The summed E-state index contributed by atoms with van der Waals surface area (Å²) in [6.45, 7) is 3.33. The number of rotatable bonds is 15. The monoisotopic (exact) mass is 530 g/mol. The van der Waals surface area contributed by atoms with Gasteiger partial charge in [-0.15, -0.1) is 0 Å². The van der Waals surface area contributed by atoms with Gasteiger partial charge in [-0.05, 0) is 18.6 Å². The molecule has 1 aromatic rings. The predicted molar refractivity (Wildman–Crippen MR) is 128 cm³/mol. The molecule has 1 aromatic carbocycles. The number of aliphatic hydroxyl groups excluding tert-OH is 4. The lowest BCUT2D eigenvalue weighted by molar-refractivity contribution is -0.162. The molecule has 0 bridgehead atoms. The zero-order chi connectivity index (χ0) is 27.6. The minimum atomic E-state index is -1.34. The first kappa shape index (κ1) is 30.9. The molecule has 2 rings (SSSR count). The number of phenols is 2. The van der Waals surface area contributed by atoms with Gasteiger partial charge in [-0.25, -0.2) is 4.79 Å². The van der Waals surface area contributed by atoms with Crippen LogP contribution in [-0.2, 0) is 23.7 Å². The van der Waals surface area contributed by atoms with Crippen molar-refractivity contribution in [2.45, 2.75) is 63.1 Å². The van der Waals surface area contributed by atoms with E-state index in [2.05, 4.69) is 0 Å². The molecule has 0 spiro atoms. The van der Waals surface area contributed by atoms with Crippen LogP contribution in [0.5, 0.6) is 11.5 Å². The van der Waals surface area contributed by atoms with Gasteiger partial charge in [-0.2, -0.15) is 0 Å². The first-order valence-corrected chi connectivity index (χ1v) is 12.0. The minimum Gasteiger partial charge on any atom is -0.508 e. The fourth-order valence-electron chi connectivity index (χ4n) is 3.92. The number of aldehydes is 1. The summed E-state index contributed by atoms with van der Waals surface area (Å²) in [6, 6.07) is 3.32. The second kappa shape index (κ2) is 14.0. The number of aromatic hydroxyl groups is 2. The van der Waals surface area contributed by atoms with Crippen LogP contribution in [0.15, 0.2) is 18.2 Å². The molecule has 37 heavy (non-hydrogen) atoms. The molecule has 12 heteroatoms. The van der Waals surface area contributed by atoms with Gasteiger partial charge in [0.15, 0.2) is 6.29 Å². The third-order valence-electron chi connectivity index (χ3n) is 5.64. The van der Waals surface area contributed by atoms with Gasteiger partial charge in [-0.1, -0.05) is 13.8 Å². The molecule has 0 heterocycles. The van der Waals surface area contributed by atoms with Crippen molar-refractivity contribution in [3.63, 3.8) is 0 Å². The van der Waals surface area contributed by atoms with Crippen LogP contribution in [-0.4, -0.2) is 113 Å². The zero-order valence-electron chi connectivity index (χ0n) is 21.1. The van der Waals surface area contributed by atoms with E-state index in [9.17, 15) is 40.2 Å². The molecule has 1 aliphatic rings. The molecular formula is C25H38O12. The van der Waals surface area contributed by atoms with Crippen LogP contribution in [0.3, 0.4) is 0 Å². The van der Waals surface area contributed by atoms with Crippen molar-refractivity contribution in [1.29, 1.82) is 0 Å². The van der Waals surface area contributed by atoms with Crippen LogP contribution in [0, 0.1) is 5.41 Å². The predicted octanol–water partition coefficient (Wildman–Crippen LogP) is -0.104. The SMILES string of the molecule is CC(C)(COCC(O)COC(=O)c1cc(O)cc(O)c1)COCC(O)COC1(C=O)CC(O)CC(O)C1. The highest BCUT2D eigenvalue weighted by atomic mass is 16.6. The molecule has 1 aliphatic carbocycles. The Bertz CT molecular complexity index is 843. The third kappa shape index (κ3) is 10.9. The molecule has 6 N–H and O–H groups in total. The number of phenolic OH excluding ortho intramolecular Hbond substituents is 2. The van der Waals surface area contributed by atoms with E-state index in [0.29, 0.717) is 6.29 Å². The lowest BCUT2D eigenvalue weighted by Gasteiger charge is -2.37. The number of aliphatic hydroxyl groups is 4. The van der Waals surface area contributed by atoms with Crippen LogP contribution in [0.25, 0.3) is 0 Å². The van der Waals surface area contributed by atoms with E-state index in [1.807, 2.05) is 13.8 Å². The van der Waals surface area contributed by atoms with Crippen molar-refractivity contribution >= 4 is 12.3 Å². The Hall–Kier alpha value is -2.32. The molecule has 1 saturated carbocycles. The maximum absolute atomic E-state index is 12.0. The second-order valence-electron chi connectivity index (χ2n) is 10.3. The number of carbonyl (C=O) groups is 2. The fraction of sp³-hybridized carbons (Fsp3) is 0.680. The lowest BCUT2D eigenvalue weighted by Crippen LogP contribution is -2.48. The zero-order valence-corrected chi connectivity index (χ0v) is 21.1. The Morgan fingerprint density at radius 2 is 1.49 bits per heavy atom. The summed E-state index contributed by atoms with van der Waals surface area (Å²) in [7, 11) is 0. The average molecular weight is 531 g/mol. The van der Waals surface area contributed by atoms with Gasteiger partial charge in [0.1, 0.15) is 35.9 Å². The minimum absolute atomic E-state index is 0.0516. The van der Waals surface area contributed by atoms with Gasteiger partial charge < -0.3 is 54.4 Å². The maximum atomic E-state index is 12.0. The second-order valence-corrected chi connectivity index (χ2v) is 10.3. The van der Waals surface area contributed by atoms with Gasteiger partial charge in [-0.3, -0.25) is 0 Å². The summed E-state index contributed by atoms with van der Waals surface area (Å²) < 4.78 is 21.5. The molecule has 4 unspecified atom stereocenters. The van der Waals surface area contributed by atoms with Crippen LogP contribution >= 0.6 is 0 Å². The van der Waals surface area contributed by atoms with Gasteiger partial charge in [0.05, 0.1) is 50.8 Å². The van der Waals surface area contributed by atoms with Crippen LogP contribution < -0.4 is 0 Å². The lowest BCUT2D eigenvalue weighted by atomic mass is 9.82. The highest BCUT2D eigenvalue weighted by Gasteiger charge is 2.41. The number of carbonyl (C=O) groups excluding carboxylic acids is 2. The highest BCUT2D eigenvalue weighted by molar-refractivity contribution is 5.90. The van der Waals surface area contributed by atoms with Crippen molar-refractivity contribution < 1.29 is 59.2 Å². The molecule has 0 aliphatic heterocycles. The Morgan fingerprint density at radius 3 is 2.00 bits per heavy atom. The molecule has 0 amide bonds. The van der Waals surface area contributed by atoms with E-state index in [4.69, 9.17) is 18.9 Å². The number of hydrogen-bond acceptors (Lipinski definition) is 12. The van der Waals surface area contributed by atoms with Gasteiger partial charge in [0.2, 0.25) is 0 Å². The molecule has 1 fully saturated rings. The Labute approximate surface area is 215 Å². The number of ether oxygens (including phenoxy) is 4. The van der Waals surface area contributed by atoms with Gasteiger partial charge in [0.25, 0.3) is 0 Å². The van der Waals surface area contributed by atoms with Gasteiger partial charge >= 0.3 is 5.97 Å². The van der Waals surface area contributed by atoms with Crippen molar-refractivity contribution in [2.24, 2.45) is 5.41 Å². The standard InChI is InChI=1S/C25H38O12/c1-24(2,14-34-9-21(31)11-36-23(33)16-3-17(27)5-18(28)4-16)15-35-10-22(32)12-37-25(13-26)7-19(29)6-20(30)8-25/h3-5,13,19-22,27-32H,6-12,14-15H2,1-2H3. The first-order valence-electron chi connectivity index (χ1n) is 12.0. The summed E-state index contributed by atoms with van der Waals surface area (Å²) in [5, 5.41) is 58.6. The summed E-state index contributed by atoms with van der Waals surface area (Å²) in [5.41, 5.74) is -1.89. The Kier molecular flexibility index (Phi) is 11.7. The van der Waals surface area contributed by atoms with E-state index in [-0.39, 0.29) is 76.0 Å². The highest BCUT2D eigenvalue weighted by Crippen LogP contribution is 2.31. The molecular weight excluding hydrogens is 492 g/mol. The molecule has 12 nitrogen and oxygen atoms in total. The summed E-state index contributed by atoms with van der Waals surface area (Å²) >= 11 is 0. The summed E-state index contributed by atoms with van der Waals surface area (Å²) in [6.07, 6.45) is -3.02. The maximum Gasteiger partial charge on any atom is 0.338 e. The summed E-state index contributed by atoms with van der Waals surface area (Å²) in [5.74, 6) is -1.42. The number of esters is 1. The largest absolute Gasteiger partial charge is 0.508 e. The number of hydrogen-bond donors (Lipinski definition) is 6. The van der Waals surface area contributed by atoms with E-state index in [1.54, 1.807) is 0 Å². The van der Waals surface area contributed by atoms with E-state index in [0.717, 1.165) is 18.2 Å². The van der Waals surface area contributed by atoms with Crippen molar-refractivity contribution in [1.82, 2.24) is 0 Å². The molecule has 0 aromatic heterocycles. The fourth-order valence-corrected chi connectivity index (χ4v) is 3.92. The molecule has 210 valence electrons. The Balaban J connectivity index is 1.63. The number of benzene rings is 1. The van der Waals surface area contributed by atoms with Crippen molar-refractivity contribution in [3.8, 4) is 11.5 Å². The topological polar surface area (TPSA) is 192 Å². The van der Waals surface area contributed by atoms with Crippen molar-refractivity contribution in [3.05, 3.63) is 23.8 Å². The van der Waals surface area contributed by atoms with Crippen molar-refractivity contribution in [2.75, 3.05) is 39.6 Å². The molecule has 4 atom stereocenters. The normalized spacial score (nSPS) is 23.8. The van der Waals surface area contributed by atoms with Crippen LogP contribution in [0.4, 0.5) is 0 Å². The van der Waals surface area contributed by atoms with Crippen LogP contribution in [0.2, 0.25) is 0 Å². The van der Waals surface area contributed by atoms with Crippen LogP contribution in [0.1, 0.15) is 43.5 Å². The quantitative estimate of drug-likeness (QED) is 0.130. The smallest absolute Gasteiger partial charge is 0.338 e. The van der Waals surface area contributed by atoms with E-state index in [1.165, 1.54) is 0 Å². The molecule has 0 radical (unpaired) electrons. The molecule has 0 saturated heterocycles. The third-order valence-corrected chi connectivity index (χ3v) is 5.64. The van der Waals surface area contributed by atoms with E-state index >= 15 is 0 Å².